The Morgan fingerprint density at radius 3 is 2.10 bits per heavy atom. The van der Waals surface area contributed by atoms with E-state index in [1.165, 1.54) is 27.8 Å². The van der Waals surface area contributed by atoms with Gasteiger partial charge in [-0.05, 0) is 62.8 Å². The molecule has 0 aliphatic carbocycles. The molecule has 0 bridgehead atoms. The van der Waals surface area contributed by atoms with Crippen molar-refractivity contribution >= 4 is 0 Å². The molecule has 0 aromatic heterocycles. The van der Waals surface area contributed by atoms with Crippen LogP contribution in [-0.4, -0.2) is 6.54 Å². The number of hydrogen-bond donors (Lipinski definition) is 1. The van der Waals surface area contributed by atoms with Crippen LogP contribution in [0.2, 0.25) is 0 Å². The second-order valence-corrected chi connectivity index (χ2v) is 5.93. The van der Waals surface area contributed by atoms with Gasteiger partial charge in [0, 0.05) is 0 Å². The molecule has 20 heavy (non-hydrogen) atoms. The number of aryl methyl sites for hydroxylation is 3. The topological polar surface area (TPSA) is 26.0 Å². The van der Waals surface area contributed by atoms with Crippen molar-refractivity contribution in [3.05, 3.63) is 70.3 Å². The van der Waals surface area contributed by atoms with Crippen LogP contribution in [0.4, 0.5) is 0 Å². The van der Waals surface area contributed by atoms with E-state index in [1.54, 1.807) is 0 Å². The maximum absolute atomic E-state index is 5.98. The molecule has 2 rings (SSSR count). The molecule has 2 aromatic carbocycles. The third-order valence-corrected chi connectivity index (χ3v) is 3.98. The lowest BCUT2D eigenvalue weighted by atomic mass is 9.90. The Labute approximate surface area is 122 Å². The summed E-state index contributed by atoms with van der Waals surface area (Å²) in [6, 6.07) is 15.5. The number of rotatable bonds is 5. The van der Waals surface area contributed by atoms with Gasteiger partial charge < -0.3 is 5.73 Å². The lowest BCUT2D eigenvalue weighted by Crippen LogP contribution is -2.19. The normalized spacial score (nSPS) is 12.4. The van der Waals surface area contributed by atoms with E-state index >= 15 is 0 Å². The molecule has 0 saturated carbocycles. The maximum Gasteiger partial charge on any atom is -0.00425 e. The summed E-state index contributed by atoms with van der Waals surface area (Å²) in [7, 11) is 0. The molecule has 0 spiro atoms. The first-order valence-corrected chi connectivity index (χ1v) is 7.40. The van der Waals surface area contributed by atoms with Gasteiger partial charge in [-0.2, -0.15) is 0 Å². The van der Waals surface area contributed by atoms with Crippen molar-refractivity contribution in [3.8, 4) is 0 Å². The summed E-state index contributed by atoms with van der Waals surface area (Å²) in [5.74, 6) is 0.513. The number of benzene rings is 2. The van der Waals surface area contributed by atoms with E-state index in [4.69, 9.17) is 5.73 Å². The fourth-order valence-electron chi connectivity index (χ4n) is 2.68. The Hall–Kier alpha value is -1.60. The van der Waals surface area contributed by atoms with Crippen LogP contribution in [0, 0.1) is 26.7 Å². The first kappa shape index (κ1) is 14.8. The highest BCUT2D eigenvalue weighted by Gasteiger charge is 2.10. The monoisotopic (exact) mass is 267 g/mol. The predicted molar refractivity (Wildman–Crippen MR) is 87.0 cm³/mol. The molecule has 1 nitrogen and oxygen atoms in total. The standard InChI is InChI=1S/C19H25N/c1-14-4-7-17(8-5-14)11-18(13-20)12-19-9-6-15(2)10-16(19)3/h4-10,18H,11-13,20H2,1-3H3. The van der Waals surface area contributed by atoms with Crippen LogP contribution >= 0.6 is 0 Å². The summed E-state index contributed by atoms with van der Waals surface area (Å²) >= 11 is 0. The van der Waals surface area contributed by atoms with Crippen molar-refractivity contribution in [2.24, 2.45) is 11.7 Å². The largest absolute Gasteiger partial charge is 0.330 e. The minimum absolute atomic E-state index is 0.513. The van der Waals surface area contributed by atoms with Crippen LogP contribution in [-0.2, 0) is 12.8 Å². The molecule has 0 radical (unpaired) electrons. The first-order valence-electron chi connectivity index (χ1n) is 7.40. The molecule has 0 aliphatic heterocycles. The molecule has 2 N–H and O–H groups in total. The van der Waals surface area contributed by atoms with E-state index in [1.807, 2.05) is 0 Å². The number of nitrogens with two attached hydrogens (primary N) is 1. The van der Waals surface area contributed by atoms with Crippen LogP contribution < -0.4 is 5.73 Å². The van der Waals surface area contributed by atoms with E-state index in [-0.39, 0.29) is 0 Å². The lowest BCUT2D eigenvalue weighted by Gasteiger charge is -2.17. The van der Waals surface area contributed by atoms with Gasteiger partial charge in [0.25, 0.3) is 0 Å². The van der Waals surface area contributed by atoms with Crippen LogP contribution in [0.5, 0.6) is 0 Å². The van der Waals surface area contributed by atoms with Crippen LogP contribution in [0.3, 0.4) is 0 Å². The van der Waals surface area contributed by atoms with Gasteiger partial charge >= 0.3 is 0 Å². The van der Waals surface area contributed by atoms with Gasteiger partial charge in [0.1, 0.15) is 0 Å². The molecule has 0 aliphatic rings. The highest BCUT2D eigenvalue weighted by Crippen LogP contribution is 2.18. The molecular weight excluding hydrogens is 242 g/mol. The lowest BCUT2D eigenvalue weighted by molar-refractivity contribution is 0.532. The molecular formula is C19H25N. The van der Waals surface area contributed by atoms with Gasteiger partial charge in [-0.3, -0.25) is 0 Å². The summed E-state index contributed by atoms with van der Waals surface area (Å²) < 4.78 is 0. The summed E-state index contributed by atoms with van der Waals surface area (Å²) in [4.78, 5) is 0. The molecule has 0 amide bonds. The van der Waals surface area contributed by atoms with Crippen molar-refractivity contribution < 1.29 is 0 Å². The van der Waals surface area contributed by atoms with Gasteiger partial charge in [0.05, 0.1) is 0 Å². The van der Waals surface area contributed by atoms with Crippen molar-refractivity contribution in [1.82, 2.24) is 0 Å². The Morgan fingerprint density at radius 2 is 1.50 bits per heavy atom. The average Bonchev–Trinajstić information content (AvgIpc) is 2.43. The third-order valence-electron chi connectivity index (χ3n) is 3.98. The van der Waals surface area contributed by atoms with Gasteiger partial charge in [-0.1, -0.05) is 53.6 Å². The zero-order valence-corrected chi connectivity index (χ0v) is 12.8. The molecule has 1 unspecified atom stereocenters. The summed E-state index contributed by atoms with van der Waals surface area (Å²) in [5.41, 5.74) is 12.8. The molecule has 2 aromatic rings. The highest BCUT2D eigenvalue weighted by molar-refractivity contribution is 5.31. The quantitative estimate of drug-likeness (QED) is 0.871. The molecule has 1 heteroatoms. The predicted octanol–water partition coefficient (Wildman–Crippen LogP) is 3.97. The van der Waals surface area contributed by atoms with Crippen LogP contribution in [0.15, 0.2) is 42.5 Å². The zero-order valence-electron chi connectivity index (χ0n) is 12.8. The summed E-state index contributed by atoms with van der Waals surface area (Å²) in [5, 5.41) is 0. The van der Waals surface area contributed by atoms with Gasteiger partial charge in [0.2, 0.25) is 0 Å². The molecule has 0 heterocycles. The summed E-state index contributed by atoms with van der Waals surface area (Å²) in [6.07, 6.45) is 2.13. The number of hydrogen-bond acceptors (Lipinski definition) is 1. The molecule has 0 saturated heterocycles. The van der Waals surface area contributed by atoms with Crippen molar-refractivity contribution in [1.29, 1.82) is 0 Å². The molecule has 0 fully saturated rings. The first-order chi connectivity index (χ1) is 9.58. The van der Waals surface area contributed by atoms with Gasteiger partial charge in [-0.25, -0.2) is 0 Å². The molecule has 106 valence electrons. The molecule has 1 atom stereocenters. The van der Waals surface area contributed by atoms with Gasteiger partial charge in [-0.15, -0.1) is 0 Å². The van der Waals surface area contributed by atoms with Gasteiger partial charge in [0.15, 0.2) is 0 Å². The highest BCUT2D eigenvalue weighted by atomic mass is 14.5. The Kier molecular flexibility index (Phi) is 4.97. The minimum atomic E-state index is 0.513. The second kappa shape index (κ2) is 6.71. The van der Waals surface area contributed by atoms with Crippen LogP contribution in [0.25, 0.3) is 0 Å². The van der Waals surface area contributed by atoms with Crippen molar-refractivity contribution in [3.63, 3.8) is 0 Å². The zero-order chi connectivity index (χ0) is 14.5. The summed E-state index contributed by atoms with van der Waals surface area (Å²) in [6.45, 7) is 7.20. The van der Waals surface area contributed by atoms with E-state index < -0.39 is 0 Å². The SMILES string of the molecule is Cc1ccc(CC(CN)Cc2ccc(C)cc2C)cc1. The maximum atomic E-state index is 5.98. The van der Waals surface area contributed by atoms with Crippen molar-refractivity contribution in [2.75, 3.05) is 6.54 Å². The van der Waals surface area contributed by atoms with E-state index in [0.717, 1.165) is 19.4 Å². The Balaban J connectivity index is 2.07. The Morgan fingerprint density at radius 1 is 0.850 bits per heavy atom. The third kappa shape index (κ3) is 3.94. The van der Waals surface area contributed by atoms with Crippen molar-refractivity contribution in [2.45, 2.75) is 33.6 Å². The average molecular weight is 267 g/mol. The van der Waals surface area contributed by atoms with Crippen LogP contribution in [0.1, 0.15) is 27.8 Å². The van der Waals surface area contributed by atoms with E-state index in [9.17, 15) is 0 Å². The fraction of sp³-hybridized carbons (Fsp3) is 0.368. The van der Waals surface area contributed by atoms with E-state index in [2.05, 4.69) is 63.2 Å². The smallest absolute Gasteiger partial charge is 0.00425 e. The second-order valence-electron chi connectivity index (χ2n) is 5.93. The Bertz CT molecular complexity index is 554. The minimum Gasteiger partial charge on any atom is -0.330 e. The fourth-order valence-corrected chi connectivity index (χ4v) is 2.68. The van der Waals surface area contributed by atoms with E-state index in [0.29, 0.717) is 5.92 Å².